The molecule has 0 aromatic carbocycles. The third kappa shape index (κ3) is 4.47. The molecule has 0 fully saturated rings. The third-order valence-corrected chi connectivity index (χ3v) is 1.93. The minimum atomic E-state index is 0.297. The molecule has 0 N–H and O–H groups in total. The molecule has 0 aliphatic heterocycles. The summed E-state index contributed by atoms with van der Waals surface area (Å²) < 4.78 is 0. The zero-order valence-corrected chi connectivity index (χ0v) is 8.60. The Bertz CT molecular complexity index is 130. The Labute approximate surface area is 77.5 Å². The van der Waals surface area contributed by atoms with E-state index in [1.807, 2.05) is 12.7 Å². The maximum absolute atomic E-state index is 11.3. The SMILES string of the molecule is BCCN(CCCC)C(=O)CB. The smallest absolute Gasteiger partial charge is 0.214 e. The van der Waals surface area contributed by atoms with Gasteiger partial charge in [-0.3, -0.25) is 4.79 Å². The Kier molecular flexibility index (Phi) is 7.02. The van der Waals surface area contributed by atoms with Crippen molar-refractivity contribution in [1.82, 2.24) is 4.90 Å². The van der Waals surface area contributed by atoms with Gasteiger partial charge in [0.2, 0.25) is 5.91 Å². The fraction of sp³-hybridized carbons (Fsp3) is 0.875. The number of hydrogen-bond donors (Lipinski definition) is 0. The molecule has 0 bridgehead atoms. The summed E-state index contributed by atoms with van der Waals surface area (Å²) in [5, 5.41) is 0. The highest BCUT2D eigenvalue weighted by atomic mass is 16.2. The van der Waals surface area contributed by atoms with Crippen molar-refractivity contribution in [3.8, 4) is 0 Å². The highest BCUT2D eigenvalue weighted by Gasteiger charge is 2.08. The number of hydrogen-bond acceptors (Lipinski definition) is 1. The minimum absolute atomic E-state index is 0.297. The van der Waals surface area contributed by atoms with Crippen LogP contribution in [0.25, 0.3) is 0 Å². The molecule has 0 spiro atoms. The molecule has 0 saturated carbocycles. The van der Waals surface area contributed by atoms with Crippen LogP contribution in [-0.2, 0) is 4.79 Å². The van der Waals surface area contributed by atoms with Crippen LogP contribution in [0.2, 0.25) is 12.6 Å². The molecule has 0 unspecified atom stereocenters. The Balaban J connectivity index is 3.76. The fourth-order valence-corrected chi connectivity index (χ4v) is 1.20. The van der Waals surface area contributed by atoms with Crippen LogP contribution in [0.15, 0.2) is 0 Å². The van der Waals surface area contributed by atoms with Gasteiger partial charge in [-0.15, -0.1) is 0 Å². The summed E-state index contributed by atoms with van der Waals surface area (Å²) in [5.74, 6) is 0.297. The van der Waals surface area contributed by atoms with Gasteiger partial charge in [0.05, 0.1) is 0 Å². The summed E-state index contributed by atoms with van der Waals surface area (Å²) in [6, 6.07) is 0. The molecule has 12 heavy (non-hydrogen) atoms. The largest absolute Gasteiger partial charge is 0.344 e. The highest BCUT2D eigenvalue weighted by Crippen LogP contribution is 1.98. The van der Waals surface area contributed by atoms with Crippen LogP contribution < -0.4 is 0 Å². The van der Waals surface area contributed by atoms with Gasteiger partial charge in [0.1, 0.15) is 15.7 Å². The average molecular weight is 167 g/mol. The normalized spacial score (nSPS) is 9.75. The molecule has 0 aliphatic rings. The molecular weight excluding hydrogens is 148 g/mol. The van der Waals surface area contributed by atoms with Crippen molar-refractivity contribution < 1.29 is 4.79 Å². The maximum atomic E-state index is 11.3. The lowest BCUT2D eigenvalue weighted by atomic mass is 10.0. The lowest BCUT2D eigenvalue weighted by Crippen LogP contribution is -2.32. The molecule has 0 radical (unpaired) electrons. The van der Waals surface area contributed by atoms with Crippen LogP contribution in [0.5, 0.6) is 0 Å². The molecular formula is C8H19B2NO. The summed E-state index contributed by atoms with van der Waals surface area (Å²) >= 11 is 0. The summed E-state index contributed by atoms with van der Waals surface area (Å²) in [6.45, 7) is 4.02. The topological polar surface area (TPSA) is 20.3 Å². The first-order chi connectivity index (χ1) is 5.76. The average Bonchev–Trinajstić information content (AvgIpc) is 2.11. The maximum Gasteiger partial charge on any atom is 0.214 e. The lowest BCUT2D eigenvalue weighted by Gasteiger charge is -2.21. The zero-order chi connectivity index (χ0) is 9.40. The summed E-state index contributed by atoms with van der Waals surface area (Å²) in [5.41, 5.74) is 0. The van der Waals surface area contributed by atoms with Gasteiger partial charge in [0.15, 0.2) is 0 Å². The first-order valence-electron chi connectivity index (χ1n) is 5.04. The second-order valence-corrected chi connectivity index (χ2v) is 3.09. The van der Waals surface area contributed by atoms with E-state index in [0.717, 1.165) is 32.3 Å². The van der Waals surface area contributed by atoms with Gasteiger partial charge in [0.25, 0.3) is 0 Å². The van der Waals surface area contributed by atoms with Crippen molar-refractivity contribution in [1.29, 1.82) is 0 Å². The molecule has 0 saturated heterocycles. The van der Waals surface area contributed by atoms with Crippen LogP contribution in [0, 0.1) is 0 Å². The van der Waals surface area contributed by atoms with Gasteiger partial charge < -0.3 is 4.90 Å². The Morgan fingerprint density at radius 3 is 2.42 bits per heavy atom. The lowest BCUT2D eigenvalue weighted by molar-refractivity contribution is -0.128. The highest BCUT2D eigenvalue weighted by molar-refractivity contribution is 6.19. The van der Waals surface area contributed by atoms with Crippen molar-refractivity contribution in [2.75, 3.05) is 13.1 Å². The van der Waals surface area contributed by atoms with E-state index < -0.39 is 0 Å². The number of carbonyl (C=O) groups is 1. The molecule has 0 atom stereocenters. The molecule has 0 rings (SSSR count). The van der Waals surface area contributed by atoms with Crippen LogP contribution in [0.1, 0.15) is 19.8 Å². The van der Waals surface area contributed by atoms with E-state index in [-0.39, 0.29) is 0 Å². The van der Waals surface area contributed by atoms with Crippen LogP contribution in [-0.4, -0.2) is 39.6 Å². The summed E-state index contributed by atoms with van der Waals surface area (Å²) in [6.07, 6.45) is 4.00. The molecule has 1 amide bonds. The Morgan fingerprint density at radius 2 is 2.00 bits per heavy atom. The third-order valence-electron chi connectivity index (χ3n) is 1.93. The van der Waals surface area contributed by atoms with E-state index in [0.29, 0.717) is 12.2 Å². The monoisotopic (exact) mass is 167 g/mol. The standard InChI is InChI=1S/C8H19B2NO/c1-2-3-5-11(6-4-9)8(12)7-10/h2-7,9-10H2,1H3. The van der Waals surface area contributed by atoms with Crippen LogP contribution >= 0.6 is 0 Å². The molecule has 68 valence electrons. The van der Waals surface area contributed by atoms with E-state index in [4.69, 9.17) is 0 Å². The van der Waals surface area contributed by atoms with E-state index in [1.54, 1.807) is 0 Å². The van der Waals surface area contributed by atoms with Gasteiger partial charge in [-0.1, -0.05) is 19.7 Å². The van der Waals surface area contributed by atoms with Crippen LogP contribution in [0.3, 0.4) is 0 Å². The van der Waals surface area contributed by atoms with Gasteiger partial charge in [-0.05, 0) is 12.7 Å². The number of carbonyl (C=O) groups excluding carboxylic acids is 1. The van der Waals surface area contributed by atoms with Crippen molar-refractivity contribution in [2.45, 2.75) is 32.4 Å². The summed E-state index contributed by atoms with van der Waals surface area (Å²) in [4.78, 5) is 13.3. The first kappa shape index (κ1) is 11.6. The Hall–Kier alpha value is -0.400. The molecule has 0 aromatic rings. The van der Waals surface area contributed by atoms with Crippen molar-refractivity contribution in [3.05, 3.63) is 0 Å². The van der Waals surface area contributed by atoms with E-state index >= 15 is 0 Å². The minimum Gasteiger partial charge on any atom is -0.344 e. The Morgan fingerprint density at radius 1 is 1.33 bits per heavy atom. The molecule has 2 nitrogen and oxygen atoms in total. The molecule has 0 aliphatic carbocycles. The fourth-order valence-electron chi connectivity index (χ4n) is 1.20. The molecule has 0 heterocycles. The van der Waals surface area contributed by atoms with Gasteiger partial charge >= 0.3 is 0 Å². The zero-order valence-electron chi connectivity index (χ0n) is 8.60. The second kappa shape index (κ2) is 7.26. The van der Waals surface area contributed by atoms with Gasteiger partial charge in [0, 0.05) is 13.1 Å². The van der Waals surface area contributed by atoms with Crippen LogP contribution in [0.4, 0.5) is 0 Å². The first-order valence-corrected chi connectivity index (χ1v) is 5.04. The van der Waals surface area contributed by atoms with E-state index in [1.165, 1.54) is 0 Å². The van der Waals surface area contributed by atoms with Gasteiger partial charge in [-0.2, -0.15) is 0 Å². The van der Waals surface area contributed by atoms with Crippen molar-refractivity contribution in [2.24, 2.45) is 0 Å². The number of nitrogens with zero attached hydrogens (tertiary/aromatic N) is 1. The predicted octanol–water partition coefficient (Wildman–Crippen LogP) is -0.282. The number of unbranched alkanes of at least 4 members (excludes halogenated alkanes) is 1. The number of amides is 1. The molecule has 0 aromatic heterocycles. The summed E-state index contributed by atoms with van der Waals surface area (Å²) in [7, 11) is 4.04. The molecule has 4 heteroatoms. The predicted molar refractivity (Wildman–Crippen MR) is 58.2 cm³/mol. The van der Waals surface area contributed by atoms with E-state index in [9.17, 15) is 4.79 Å². The number of rotatable bonds is 6. The second-order valence-electron chi connectivity index (χ2n) is 3.09. The quantitative estimate of drug-likeness (QED) is 0.498. The van der Waals surface area contributed by atoms with Gasteiger partial charge in [-0.25, -0.2) is 0 Å². The van der Waals surface area contributed by atoms with E-state index in [2.05, 4.69) is 14.8 Å². The van der Waals surface area contributed by atoms with Crippen molar-refractivity contribution >= 4 is 21.6 Å². The van der Waals surface area contributed by atoms with Crippen molar-refractivity contribution in [3.63, 3.8) is 0 Å².